The molecule has 0 radical (unpaired) electrons. The summed E-state index contributed by atoms with van der Waals surface area (Å²) in [7, 11) is 1.41. The number of fused-ring (bicyclic) bond motifs is 4. The van der Waals surface area contributed by atoms with Crippen molar-refractivity contribution in [2.45, 2.75) is 89.9 Å². The topological polar surface area (TPSA) is 108 Å². The molecule has 0 bridgehead atoms. The van der Waals surface area contributed by atoms with Crippen LogP contribution in [0.5, 0.6) is 0 Å². The van der Waals surface area contributed by atoms with Crippen molar-refractivity contribution in [3.05, 3.63) is 133 Å². The van der Waals surface area contributed by atoms with Gasteiger partial charge in [0, 0.05) is 115 Å². The molecule has 4 aliphatic heterocycles. The Morgan fingerprint density at radius 3 is 1.41 bits per heavy atom. The van der Waals surface area contributed by atoms with E-state index in [2.05, 4.69) is 98.2 Å². The summed E-state index contributed by atoms with van der Waals surface area (Å²) < 4.78 is 8.83. The third-order valence-corrected chi connectivity index (χ3v) is 17.6. The van der Waals surface area contributed by atoms with Crippen LogP contribution in [0.3, 0.4) is 0 Å². The maximum atomic E-state index is 13.2. The average molecular weight is 1250 g/mol. The molecule has 4 aromatic rings. The summed E-state index contributed by atoms with van der Waals surface area (Å²) in [5.74, 6) is 1.39. The van der Waals surface area contributed by atoms with E-state index in [4.69, 9.17) is 37.9 Å². The Balaban J connectivity index is 0.000000175. The standard InChI is InChI=1S/C28H30Br2ClN3O3.C26H28Br2ClN3O/c1-37-28(36)34-8-4-17(5-9-34)12-24(35)33-10-6-18(7-11-33)26-25-19(14-22(31)15-23(25)30)2-3-20-13-21(29)16-32-27(20)26;27-20-12-19-2-1-18-13-21(29)14-22(28)24(18)25(26(19)31-15-20)17-5-9-32(10-6-17)23(33)11-16-3-7-30-8-4-16/h13-17H,2-12H2,1H3;12-16,30H,1-11H2. The third-order valence-electron chi connectivity index (χ3n) is 15.0. The molecule has 0 unspecified atom stereocenters. The monoisotopic (exact) mass is 1240 g/mol. The lowest BCUT2D eigenvalue weighted by atomic mass is 9.88. The average Bonchev–Trinajstić information content (AvgIpc) is 3.62. The number of rotatable bonds is 4. The second-order valence-corrected chi connectivity index (χ2v) is 23.8. The Bertz CT molecular complexity index is 2720. The number of hydrogen-bond donors (Lipinski definition) is 1. The first-order chi connectivity index (χ1) is 33.8. The molecule has 0 atom stereocenters. The van der Waals surface area contributed by atoms with Crippen LogP contribution in [0, 0.1) is 11.8 Å². The van der Waals surface area contributed by atoms with Gasteiger partial charge in [0.1, 0.15) is 0 Å². The highest BCUT2D eigenvalue weighted by atomic mass is 79.9. The number of nitrogens with zero attached hydrogens (tertiary/aromatic N) is 5. The molecule has 70 heavy (non-hydrogen) atoms. The van der Waals surface area contributed by atoms with Crippen LogP contribution < -0.4 is 5.32 Å². The summed E-state index contributed by atoms with van der Waals surface area (Å²) in [4.78, 5) is 53.5. The van der Waals surface area contributed by atoms with Crippen molar-refractivity contribution in [2.24, 2.45) is 11.8 Å². The molecule has 0 saturated carbocycles. The number of methoxy groups -OCH3 is 1. The molecule has 3 amide bonds. The highest BCUT2D eigenvalue weighted by molar-refractivity contribution is 9.11. The first-order valence-corrected chi connectivity index (χ1v) is 28.6. The van der Waals surface area contributed by atoms with Gasteiger partial charge in [-0.05, 0) is 192 Å². The zero-order chi connectivity index (χ0) is 49.1. The van der Waals surface area contributed by atoms with E-state index < -0.39 is 0 Å². The predicted octanol–water partition coefficient (Wildman–Crippen LogP) is 12.8. The number of carbonyl (C=O) groups excluding carboxylic acids is 3. The number of piperidine rings is 4. The molecule has 6 heterocycles. The van der Waals surface area contributed by atoms with Gasteiger partial charge in [0.25, 0.3) is 0 Å². The highest BCUT2D eigenvalue weighted by Crippen LogP contribution is 2.45. The van der Waals surface area contributed by atoms with Gasteiger partial charge in [0.2, 0.25) is 11.8 Å². The van der Waals surface area contributed by atoms with Gasteiger partial charge in [0.05, 0.1) is 18.5 Å². The van der Waals surface area contributed by atoms with Crippen LogP contribution in [0.15, 0.2) is 77.8 Å². The summed E-state index contributed by atoms with van der Waals surface area (Å²) in [6.45, 7) is 6.38. The van der Waals surface area contributed by atoms with Gasteiger partial charge in [-0.2, -0.15) is 0 Å². The minimum absolute atomic E-state index is 0.220. The Hall–Kier alpha value is -3.11. The molecular formula is C54H58Br4Cl2N6O4. The number of likely N-dealkylation sites (tertiary alicyclic amines) is 3. The molecule has 4 saturated heterocycles. The van der Waals surface area contributed by atoms with Crippen LogP contribution in [-0.2, 0) is 40.0 Å². The van der Waals surface area contributed by atoms with Gasteiger partial charge in [-0.15, -0.1) is 0 Å². The fraction of sp³-hybridized carbons (Fsp3) is 0.463. The number of carbonyl (C=O) groups is 3. The third kappa shape index (κ3) is 11.9. The van der Waals surface area contributed by atoms with Crippen LogP contribution in [0.2, 0.25) is 10.0 Å². The second kappa shape index (κ2) is 23.4. The fourth-order valence-corrected chi connectivity index (χ4v) is 14.2. The number of aromatic nitrogens is 2. The van der Waals surface area contributed by atoms with E-state index in [-0.39, 0.29) is 12.0 Å². The van der Waals surface area contributed by atoms with Crippen molar-refractivity contribution in [3.63, 3.8) is 0 Å². The van der Waals surface area contributed by atoms with Crippen LogP contribution in [0.1, 0.15) is 109 Å². The molecule has 2 aliphatic carbocycles. The Kier molecular flexibility index (Phi) is 17.3. The quantitative estimate of drug-likeness (QED) is 0.217. The highest BCUT2D eigenvalue weighted by Gasteiger charge is 2.32. The van der Waals surface area contributed by atoms with Crippen molar-refractivity contribution >= 4 is 116 Å². The first kappa shape index (κ1) is 51.8. The van der Waals surface area contributed by atoms with Gasteiger partial charge < -0.3 is 24.8 Å². The zero-order valence-corrected chi connectivity index (χ0v) is 47.3. The summed E-state index contributed by atoms with van der Waals surface area (Å²) >= 11 is 27.6. The number of ether oxygens (including phenoxy) is 1. The molecule has 4 fully saturated rings. The first-order valence-electron chi connectivity index (χ1n) is 24.6. The molecule has 6 aliphatic rings. The summed E-state index contributed by atoms with van der Waals surface area (Å²) in [6, 6.07) is 12.5. The largest absolute Gasteiger partial charge is 0.453 e. The van der Waals surface area contributed by atoms with Crippen LogP contribution >= 0.6 is 86.9 Å². The SMILES string of the molecule is COC(=O)N1CCC(CC(=O)N2CCC(=C3c4ncc(Br)cc4CCc4cc(Cl)cc(Br)c43)CC2)CC1.O=C(CC1CCNCC1)N1CCC(=C2c3ncc(Br)cc3CCc3cc(Cl)cc(Br)c32)CC1. The maximum Gasteiger partial charge on any atom is 0.409 e. The minimum atomic E-state index is -0.279. The van der Waals surface area contributed by atoms with E-state index in [1.807, 2.05) is 29.4 Å². The van der Waals surface area contributed by atoms with E-state index in [9.17, 15) is 14.4 Å². The molecule has 1 N–H and O–H groups in total. The molecule has 2 aromatic heterocycles. The number of hydrogen-bond acceptors (Lipinski definition) is 7. The summed E-state index contributed by atoms with van der Waals surface area (Å²) in [5.41, 5.74) is 14.7. The van der Waals surface area contributed by atoms with Gasteiger partial charge in [0.15, 0.2) is 0 Å². The lowest BCUT2D eigenvalue weighted by Gasteiger charge is -2.34. The molecular weight excluding hydrogens is 1190 g/mol. The second-order valence-electron chi connectivity index (χ2n) is 19.4. The Morgan fingerprint density at radius 1 is 0.571 bits per heavy atom. The molecule has 16 heteroatoms. The maximum absolute atomic E-state index is 13.2. The Labute approximate surface area is 455 Å². The van der Waals surface area contributed by atoms with Crippen molar-refractivity contribution < 1.29 is 19.1 Å². The fourth-order valence-electron chi connectivity index (χ4n) is 11.3. The van der Waals surface area contributed by atoms with E-state index in [0.717, 1.165) is 143 Å². The number of nitrogens with one attached hydrogen (secondary N) is 1. The number of pyridine rings is 2. The molecule has 10 rings (SSSR count). The molecule has 2 aromatic carbocycles. The molecule has 0 spiro atoms. The van der Waals surface area contributed by atoms with Gasteiger partial charge >= 0.3 is 6.09 Å². The minimum Gasteiger partial charge on any atom is -0.453 e. The number of amides is 3. The summed E-state index contributed by atoms with van der Waals surface area (Å²) in [5, 5.41) is 4.87. The number of benzene rings is 2. The van der Waals surface area contributed by atoms with E-state index in [1.165, 1.54) is 62.8 Å². The van der Waals surface area contributed by atoms with E-state index in [0.29, 0.717) is 56.8 Å². The van der Waals surface area contributed by atoms with E-state index in [1.54, 1.807) is 4.90 Å². The smallest absolute Gasteiger partial charge is 0.409 e. The van der Waals surface area contributed by atoms with Crippen molar-refractivity contribution in [2.75, 3.05) is 59.5 Å². The molecule has 10 nitrogen and oxygen atoms in total. The zero-order valence-electron chi connectivity index (χ0n) is 39.5. The van der Waals surface area contributed by atoms with Crippen LogP contribution in [0.4, 0.5) is 4.79 Å². The number of halogens is 6. The van der Waals surface area contributed by atoms with Crippen molar-refractivity contribution in [3.8, 4) is 0 Å². The van der Waals surface area contributed by atoms with Crippen LogP contribution in [-0.4, -0.2) is 102 Å². The normalized spacial score (nSPS) is 18.7. The lowest BCUT2D eigenvalue weighted by molar-refractivity contribution is -0.133. The van der Waals surface area contributed by atoms with E-state index >= 15 is 0 Å². The van der Waals surface area contributed by atoms with Gasteiger partial charge in [-0.3, -0.25) is 19.6 Å². The van der Waals surface area contributed by atoms with Crippen molar-refractivity contribution in [1.29, 1.82) is 0 Å². The number of aryl methyl sites for hydroxylation is 4. The predicted molar refractivity (Wildman–Crippen MR) is 292 cm³/mol. The van der Waals surface area contributed by atoms with Gasteiger partial charge in [-0.25, -0.2) is 4.79 Å². The Morgan fingerprint density at radius 2 is 0.986 bits per heavy atom. The van der Waals surface area contributed by atoms with Crippen LogP contribution in [0.25, 0.3) is 11.1 Å². The van der Waals surface area contributed by atoms with Gasteiger partial charge in [-0.1, -0.05) is 66.2 Å². The molecule has 370 valence electrons. The summed E-state index contributed by atoms with van der Waals surface area (Å²) in [6.07, 6.45) is 15.7. The van der Waals surface area contributed by atoms with Crippen molar-refractivity contribution in [1.82, 2.24) is 30.0 Å². The lowest BCUT2D eigenvalue weighted by Crippen LogP contribution is -2.41.